The quantitative estimate of drug-likeness (QED) is 0.719. The zero-order chi connectivity index (χ0) is 9.19. The van der Waals surface area contributed by atoms with Crippen molar-refractivity contribution in [3.63, 3.8) is 0 Å². The third-order valence-corrected chi connectivity index (χ3v) is 2.04. The van der Waals surface area contributed by atoms with E-state index in [1.54, 1.807) is 6.07 Å². The van der Waals surface area contributed by atoms with Gasteiger partial charge in [-0.2, -0.15) is 0 Å². The van der Waals surface area contributed by atoms with Crippen LogP contribution in [0.5, 0.6) is 0 Å². The second-order valence-electron chi connectivity index (χ2n) is 2.56. The van der Waals surface area contributed by atoms with E-state index in [-0.39, 0.29) is 5.56 Å². The summed E-state index contributed by atoms with van der Waals surface area (Å²) in [7, 11) is 0. The van der Waals surface area contributed by atoms with E-state index in [1.165, 1.54) is 12.3 Å². The lowest BCUT2D eigenvalue weighted by atomic mass is 10.2. The molecule has 0 atom stereocenters. The van der Waals surface area contributed by atoms with Crippen LogP contribution in [-0.4, -0.2) is 4.98 Å². The maximum absolute atomic E-state index is 12.6. The minimum atomic E-state index is -2.79. The molecule has 0 N–H and O–H groups in total. The molecule has 0 aliphatic rings. The lowest BCUT2D eigenvalue weighted by molar-refractivity contribution is 0.0171. The molecule has 1 aromatic rings. The maximum atomic E-state index is 12.6. The van der Waals surface area contributed by atoms with Crippen molar-refractivity contribution >= 4 is 15.9 Å². The topological polar surface area (TPSA) is 12.9 Å². The van der Waals surface area contributed by atoms with Crippen LogP contribution in [0.15, 0.2) is 18.3 Å². The molecule has 0 unspecified atom stereocenters. The fraction of sp³-hybridized carbons (Fsp3) is 0.375. The molecule has 0 saturated carbocycles. The summed E-state index contributed by atoms with van der Waals surface area (Å²) in [5, 5.41) is 0.586. The van der Waals surface area contributed by atoms with E-state index in [1.807, 2.05) is 0 Å². The summed E-state index contributed by atoms with van der Waals surface area (Å²) in [6, 6.07) is 2.98. The largest absolute Gasteiger partial charge is 0.272 e. The number of hydrogen-bond donors (Lipinski definition) is 0. The Morgan fingerprint density at radius 1 is 1.50 bits per heavy atom. The van der Waals surface area contributed by atoms with E-state index in [2.05, 4.69) is 20.9 Å². The van der Waals surface area contributed by atoms with Gasteiger partial charge in [0.05, 0.1) is 5.69 Å². The normalized spacial score (nSPS) is 11.7. The van der Waals surface area contributed by atoms with E-state index in [4.69, 9.17) is 0 Å². The molecule has 0 fully saturated rings. The highest BCUT2D eigenvalue weighted by Crippen LogP contribution is 2.25. The summed E-state index contributed by atoms with van der Waals surface area (Å²) in [6.45, 7) is 0.859. The summed E-state index contributed by atoms with van der Waals surface area (Å²) in [4.78, 5) is 3.84. The molecule has 1 heterocycles. The number of hydrogen-bond acceptors (Lipinski definition) is 1. The Morgan fingerprint density at radius 3 is 2.50 bits per heavy atom. The van der Waals surface area contributed by atoms with Crippen molar-refractivity contribution in [2.45, 2.75) is 18.2 Å². The Labute approximate surface area is 77.9 Å². The third kappa shape index (κ3) is 2.24. The molecule has 0 aromatic carbocycles. The molecular formula is C8H8BrF2N. The number of pyridine rings is 1. The minimum Gasteiger partial charge on any atom is -0.260 e. The van der Waals surface area contributed by atoms with Gasteiger partial charge in [0, 0.05) is 24.0 Å². The molecule has 1 aromatic heterocycles. The summed E-state index contributed by atoms with van der Waals surface area (Å²) in [6.07, 6.45) is 1.20. The second-order valence-corrected chi connectivity index (χ2v) is 3.12. The van der Waals surface area contributed by atoms with Crippen LogP contribution in [0.3, 0.4) is 0 Å². The highest BCUT2D eigenvalue weighted by atomic mass is 79.9. The van der Waals surface area contributed by atoms with Crippen molar-refractivity contribution in [1.29, 1.82) is 0 Å². The van der Waals surface area contributed by atoms with Gasteiger partial charge in [0.2, 0.25) is 0 Å². The van der Waals surface area contributed by atoms with Gasteiger partial charge in [-0.05, 0) is 12.1 Å². The molecule has 4 heteroatoms. The average Bonchev–Trinajstić information content (AvgIpc) is 2.03. The van der Waals surface area contributed by atoms with Crippen LogP contribution in [0, 0.1) is 0 Å². The minimum absolute atomic E-state index is 0.0489. The molecule has 0 saturated heterocycles. The molecule has 66 valence electrons. The first-order valence-electron chi connectivity index (χ1n) is 3.43. The van der Waals surface area contributed by atoms with Gasteiger partial charge in [0.15, 0.2) is 0 Å². The van der Waals surface area contributed by atoms with Crippen LogP contribution in [0.4, 0.5) is 8.78 Å². The van der Waals surface area contributed by atoms with Crippen molar-refractivity contribution in [3.8, 4) is 0 Å². The summed E-state index contributed by atoms with van der Waals surface area (Å²) in [5.41, 5.74) is 0.704. The third-order valence-electron chi connectivity index (χ3n) is 1.47. The second kappa shape index (κ2) is 3.47. The van der Waals surface area contributed by atoms with E-state index in [9.17, 15) is 8.78 Å². The molecule has 0 amide bonds. The fourth-order valence-electron chi connectivity index (χ4n) is 0.763. The van der Waals surface area contributed by atoms with Crippen LogP contribution in [0.2, 0.25) is 0 Å². The van der Waals surface area contributed by atoms with E-state index in [0.717, 1.165) is 12.6 Å². The Bertz CT molecular complexity index is 253. The Hall–Kier alpha value is -0.510. The fourth-order valence-corrected chi connectivity index (χ4v) is 1.09. The monoisotopic (exact) mass is 235 g/mol. The summed E-state index contributed by atoms with van der Waals surface area (Å²) < 4.78 is 25.3. The first-order chi connectivity index (χ1) is 5.54. The van der Waals surface area contributed by atoms with E-state index < -0.39 is 5.92 Å². The maximum Gasteiger partial charge on any atom is 0.272 e. The molecule has 12 heavy (non-hydrogen) atoms. The number of rotatable bonds is 2. The van der Waals surface area contributed by atoms with Gasteiger partial charge in [-0.1, -0.05) is 15.9 Å². The predicted molar refractivity (Wildman–Crippen MR) is 46.4 cm³/mol. The van der Waals surface area contributed by atoms with Gasteiger partial charge >= 0.3 is 0 Å². The molecule has 0 radical (unpaired) electrons. The van der Waals surface area contributed by atoms with E-state index >= 15 is 0 Å². The number of halogens is 3. The molecule has 0 spiro atoms. The first kappa shape index (κ1) is 9.58. The highest BCUT2D eigenvalue weighted by molar-refractivity contribution is 9.08. The smallest absolute Gasteiger partial charge is 0.260 e. The zero-order valence-corrected chi connectivity index (χ0v) is 8.11. The molecule has 0 aliphatic heterocycles. The van der Waals surface area contributed by atoms with Crippen molar-refractivity contribution in [2.24, 2.45) is 0 Å². The zero-order valence-electron chi connectivity index (χ0n) is 6.52. The highest BCUT2D eigenvalue weighted by Gasteiger charge is 2.24. The molecule has 0 aliphatic carbocycles. The number of nitrogens with zero attached hydrogens (tertiary/aromatic N) is 1. The standard InChI is InChI=1S/C8H8BrF2N/c1-8(10,11)6-2-3-7(4-9)12-5-6/h2-3,5H,4H2,1H3. The van der Waals surface area contributed by atoms with Gasteiger partial charge in [0.1, 0.15) is 0 Å². The van der Waals surface area contributed by atoms with E-state index in [0.29, 0.717) is 5.33 Å². The molecule has 0 bridgehead atoms. The van der Waals surface area contributed by atoms with Crippen molar-refractivity contribution in [3.05, 3.63) is 29.6 Å². The Morgan fingerprint density at radius 2 is 2.17 bits per heavy atom. The number of aromatic nitrogens is 1. The molecule has 1 nitrogen and oxygen atoms in total. The molecule has 1 rings (SSSR count). The summed E-state index contributed by atoms with van der Waals surface area (Å²) >= 11 is 3.18. The number of alkyl halides is 3. The van der Waals surface area contributed by atoms with Crippen molar-refractivity contribution < 1.29 is 8.78 Å². The van der Waals surface area contributed by atoms with Crippen LogP contribution in [0.1, 0.15) is 18.2 Å². The molecular weight excluding hydrogens is 228 g/mol. The Kier molecular flexibility index (Phi) is 2.77. The van der Waals surface area contributed by atoms with Crippen LogP contribution in [-0.2, 0) is 11.3 Å². The first-order valence-corrected chi connectivity index (χ1v) is 4.55. The van der Waals surface area contributed by atoms with Crippen LogP contribution >= 0.6 is 15.9 Å². The Balaban J connectivity index is 2.93. The van der Waals surface area contributed by atoms with Crippen molar-refractivity contribution in [1.82, 2.24) is 4.98 Å². The predicted octanol–water partition coefficient (Wildman–Crippen LogP) is 3.09. The SMILES string of the molecule is CC(F)(F)c1ccc(CBr)nc1. The lowest BCUT2D eigenvalue weighted by Crippen LogP contribution is -2.07. The van der Waals surface area contributed by atoms with Crippen LogP contribution in [0.25, 0.3) is 0 Å². The van der Waals surface area contributed by atoms with Gasteiger partial charge in [0.25, 0.3) is 5.92 Å². The van der Waals surface area contributed by atoms with Gasteiger partial charge in [-0.15, -0.1) is 0 Å². The van der Waals surface area contributed by atoms with Crippen LogP contribution < -0.4 is 0 Å². The van der Waals surface area contributed by atoms with Gasteiger partial charge in [-0.25, -0.2) is 8.78 Å². The summed E-state index contributed by atoms with van der Waals surface area (Å²) in [5.74, 6) is -2.79. The average molecular weight is 236 g/mol. The van der Waals surface area contributed by atoms with Gasteiger partial charge in [-0.3, -0.25) is 4.98 Å². The lowest BCUT2D eigenvalue weighted by Gasteiger charge is -2.09. The van der Waals surface area contributed by atoms with Gasteiger partial charge < -0.3 is 0 Å². The van der Waals surface area contributed by atoms with Crippen molar-refractivity contribution in [2.75, 3.05) is 0 Å².